The number of hydrogen-bond donors (Lipinski definition) is 1. The number of esters is 1. The molecule has 0 aliphatic carbocycles. The van der Waals surface area contributed by atoms with Crippen LogP contribution in [-0.2, 0) is 19.6 Å². The van der Waals surface area contributed by atoms with Crippen LogP contribution in [0.1, 0.15) is 22.8 Å². The van der Waals surface area contributed by atoms with Crippen LogP contribution in [0.2, 0.25) is 0 Å². The first-order valence-electron chi connectivity index (χ1n) is 6.53. The van der Waals surface area contributed by atoms with Crippen LogP contribution in [0, 0.1) is 6.92 Å². The SMILES string of the molecule is COC(=O)[C@H](C)NC(=O)c1cc(S(=O)(=O)N(C)C)ccc1C. The average Bonchev–Trinajstić information content (AvgIpc) is 2.46. The van der Waals surface area contributed by atoms with Crippen molar-refractivity contribution >= 4 is 21.9 Å². The fourth-order valence-corrected chi connectivity index (χ4v) is 2.66. The molecule has 0 heterocycles. The standard InChI is InChI=1S/C14H20N2O5S/c1-9-6-7-11(22(19,20)16(3)4)8-12(9)13(17)15-10(2)14(18)21-5/h6-8,10H,1-5H3,(H,15,17)/t10-/m0/s1. The van der Waals surface area contributed by atoms with Crippen molar-refractivity contribution in [3.05, 3.63) is 29.3 Å². The Labute approximate surface area is 130 Å². The smallest absolute Gasteiger partial charge is 0.328 e. The first kappa shape index (κ1) is 18.1. The molecule has 8 heteroatoms. The molecule has 1 N–H and O–H groups in total. The Morgan fingerprint density at radius 3 is 2.36 bits per heavy atom. The zero-order chi connectivity index (χ0) is 17.1. The topological polar surface area (TPSA) is 92.8 Å². The lowest BCUT2D eigenvalue weighted by Crippen LogP contribution is -2.39. The Morgan fingerprint density at radius 1 is 1.27 bits per heavy atom. The highest BCUT2D eigenvalue weighted by atomic mass is 32.2. The van der Waals surface area contributed by atoms with Crippen molar-refractivity contribution in [1.29, 1.82) is 0 Å². The van der Waals surface area contributed by atoms with Crippen molar-refractivity contribution in [2.45, 2.75) is 24.8 Å². The summed E-state index contributed by atoms with van der Waals surface area (Å²) in [6, 6.07) is 3.45. The van der Waals surface area contributed by atoms with Gasteiger partial charge in [0.1, 0.15) is 6.04 Å². The largest absolute Gasteiger partial charge is 0.467 e. The highest BCUT2D eigenvalue weighted by Crippen LogP contribution is 2.18. The lowest BCUT2D eigenvalue weighted by Gasteiger charge is -2.15. The number of nitrogens with one attached hydrogen (secondary N) is 1. The van der Waals surface area contributed by atoms with Gasteiger partial charge < -0.3 is 10.1 Å². The van der Waals surface area contributed by atoms with E-state index in [0.29, 0.717) is 5.56 Å². The molecule has 0 unspecified atom stereocenters. The zero-order valence-corrected chi connectivity index (χ0v) is 14.0. The molecule has 1 aromatic carbocycles. The van der Waals surface area contributed by atoms with Crippen molar-refractivity contribution in [2.24, 2.45) is 0 Å². The van der Waals surface area contributed by atoms with Gasteiger partial charge >= 0.3 is 5.97 Å². The summed E-state index contributed by atoms with van der Waals surface area (Å²) >= 11 is 0. The maximum Gasteiger partial charge on any atom is 0.328 e. The van der Waals surface area contributed by atoms with Gasteiger partial charge in [-0.2, -0.15) is 0 Å². The average molecular weight is 328 g/mol. The summed E-state index contributed by atoms with van der Waals surface area (Å²) in [5, 5.41) is 2.47. The second-order valence-electron chi connectivity index (χ2n) is 4.98. The minimum atomic E-state index is -3.64. The van der Waals surface area contributed by atoms with E-state index in [1.54, 1.807) is 13.0 Å². The number of hydrogen-bond acceptors (Lipinski definition) is 5. The van der Waals surface area contributed by atoms with Gasteiger partial charge in [-0.25, -0.2) is 17.5 Å². The normalized spacial score (nSPS) is 12.8. The predicted molar refractivity (Wildman–Crippen MR) is 81.0 cm³/mol. The summed E-state index contributed by atoms with van der Waals surface area (Å²) in [7, 11) is 0.407. The van der Waals surface area contributed by atoms with Gasteiger partial charge in [-0.1, -0.05) is 6.07 Å². The molecule has 1 rings (SSSR count). The van der Waals surface area contributed by atoms with Crippen LogP contribution in [0.25, 0.3) is 0 Å². The first-order valence-corrected chi connectivity index (χ1v) is 7.97. The molecule has 22 heavy (non-hydrogen) atoms. The number of carbonyl (C=O) groups excluding carboxylic acids is 2. The van der Waals surface area contributed by atoms with Crippen molar-refractivity contribution < 1.29 is 22.7 Å². The number of methoxy groups -OCH3 is 1. The third kappa shape index (κ3) is 3.83. The van der Waals surface area contributed by atoms with Crippen LogP contribution in [0.4, 0.5) is 0 Å². The first-order chi connectivity index (χ1) is 10.1. The van der Waals surface area contributed by atoms with Gasteiger partial charge in [-0.3, -0.25) is 4.79 Å². The predicted octanol–water partition coefficient (Wildman–Crippen LogP) is 0.537. The minimum Gasteiger partial charge on any atom is -0.467 e. The molecule has 0 fully saturated rings. The summed E-state index contributed by atoms with van der Waals surface area (Å²) in [6.07, 6.45) is 0. The molecule has 1 amide bonds. The summed E-state index contributed by atoms with van der Waals surface area (Å²) in [4.78, 5) is 23.6. The van der Waals surface area contributed by atoms with E-state index < -0.39 is 27.9 Å². The maximum absolute atomic E-state index is 12.2. The molecule has 0 saturated heterocycles. The fraction of sp³-hybridized carbons (Fsp3) is 0.429. The Hall–Kier alpha value is -1.93. The molecule has 0 bridgehead atoms. The molecule has 0 aromatic heterocycles. The van der Waals surface area contributed by atoms with Crippen LogP contribution < -0.4 is 5.32 Å². The van der Waals surface area contributed by atoms with E-state index >= 15 is 0 Å². The summed E-state index contributed by atoms with van der Waals surface area (Å²) in [5.41, 5.74) is 0.797. The molecule has 0 radical (unpaired) electrons. The van der Waals surface area contributed by atoms with Crippen molar-refractivity contribution in [3.63, 3.8) is 0 Å². The van der Waals surface area contributed by atoms with Crippen LogP contribution in [0.15, 0.2) is 23.1 Å². The highest BCUT2D eigenvalue weighted by Gasteiger charge is 2.22. The number of rotatable bonds is 5. The van der Waals surface area contributed by atoms with Crippen molar-refractivity contribution in [3.8, 4) is 0 Å². The summed E-state index contributed by atoms with van der Waals surface area (Å²) in [6.45, 7) is 3.17. The molecule has 0 saturated carbocycles. The highest BCUT2D eigenvalue weighted by molar-refractivity contribution is 7.89. The van der Waals surface area contributed by atoms with Gasteiger partial charge in [0.25, 0.3) is 5.91 Å². The number of aryl methyl sites for hydroxylation is 1. The number of sulfonamides is 1. The third-order valence-electron chi connectivity index (χ3n) is 3.13. The number of nitrogens with zero attached hydrogens (tertiary/aromatic N) is 1. The number of carbonyl (C=O) groups is 2. The zero-order valence-electron chi connectivity index (χ0n) is 13.2. The lowest BCUT2D eigenvalue weighted by atomic mass is 10.1. The summed E-state index contributed by atoms with van der Waals surface area (Å²) in [5.74, 6) is -1.12. The van der Waals surface area contributed by atoms with Gasteiger partial charge in [-0.05, 0) is 31.5 Å². The Morgan fingerprint density at radius 2 is 1.86 bits per heavy atom. The fourth-order valence-electron chi connectivity index (χ4n) is 1.73. The monoisotopic (exact) mass is 328 g/mol. The van der Waals surface area contributed by atoms with Crippen molar-refractivity contribution in [1.82, 2.24) is 9.62 Å². The second-order valence-corrected chi connectivity index (χ2v) is 7.13. The Bertz CT molecular complexity index is 682. The van der Waals surface area contributed by atoms with E-state index in [-0.39, 0.29) is 10.5 Å². The van der Waals surface area contributed by atoms with Gasteiger partial charge in [0, 0.05) is 19.7 Å². The lowest BCUT2D eigenvalue weighted by molar-refractivity contribution is -0.142. The van der Waals surface area contributed by atoms with Gasteiger partial charge in [0.15, 0.2) is 0 Å². The van der Waals surface area contributed by atoms with E-state index in [0.717, 1.165) is 4.31 Å². The van der Waals surface area contributed by atoms with E-state index in [2.05, 4.69) is 10.1 Å². The van der Waals surface area contributed by atoms with Crippen molar-refractivity contribution in [2.75, 3.05) is 21.2 Å². The van der Waals surface area contributed by atoms with Gasteiger partial charge in [0.05, 0.1) is 12.0 Å². The van der Waals surface area contributed by atoms with E-state index in [1.165, 1.54) is 40.3 Å². The molecule has 122 valence electrons. The molecule has 0 aliphatic rings. The summed E-state index contributed by atoms with van der Waals surface area (Å²) < 4.78 is 29.8. The van der Waals surface area contributed by atoms with E-state index in [9.17, 15) is 18.0 Å². The molecule has 7 nitrogen and oxygen atoms in total. The minimum absolute atomic E-state index is 0.0129. The number of amides is 1. The van der Waals surface area contributed by atoms with Gasteiger partial charge in [0.2, 0.25) is 10.0 Å². The molecule has 0 aliphatic heterocycles. The van der Waals surface area contributed by atoms with Gasteiger partial charge in [-0.15, -0.1) is 0 Å². The second kappa shape index (κ2) is 6.89. The van der Waals surface area contributed by atoms with Crippen LogP contribution in [0.5, 0.6) is 0 Å². The number of ether oxygens (including phenoxy) is 1. The van der Waals surface area contributed by atoms with Crippen LogP contribution in [-0.4, -0.2) is 51.8 Å². The third-order valence-corrected chi connectivity index (χ3v) is 4.95. The molecular weight excluding hydrogens is 308 g/mol. The quantitative estimate of drug-likeness (QED) is 0.796. The molecule has 1 atom stereocenters. The Balaban J connectivity index is 3.15. The molecule has 1 aromatic rings. The maximum atomic E-state index is 12.2. The van der Waals surface area contributed by atoms with E-state index in [4.69, 9.17) is 0 Å². The Kier molecular flexibility index (Phi) is 5.67. The van der Waals surface area contributed by atoms with Crippen LogP contribution in [0.3, 0.4) is 0 Å². The molecule has 0 spiro atoms. The van der Waals surface area contributed by atoms with E-state index in [1.807, 2.05) is 0 Å². The number of benzene rings is 1. The van der Waals surface area contributed by atoms with Crippen LogP contribution >= 0.6 is 0 Å². The molecular formula is C14H20N2O5S.